The molecule has 2 N–H and O–H groups in total. The van der Waals surface area contributed by atoms with Crippen LogP contribution in [0, 0.1) is 0 Å². The maximum Gasteiger partial charge on any atom is 0.264 e. The van der Waals surface area contributed by atoms with Crippen molar-refractivity contribution in [1.82, 2.24) is 10.3 Å². The number of halogens is 2. The van der Waals surface area contributed by atoms with Crippen molar-refractivity contribution in [2.75, 3.05) is 11.3 Å². The number of sulfonamides is 1. The van der Waals surface area contributed by atoms with Crippen LogP contribution >= 0.6 is 23.2 Å². The van der Waals surface area contributed by atoms with Crippen LogP contribution in [0.4, 0.5) is 5.69 Å². The second-order valence-corrected chi connectivity index (χ2v) is 8.46. The molecule has 1 amide bonds. The Balaban J connectivity index is 1.75. The Morgan fingerprint density at radius 2 is 1.62 bits per heavy atom. The number of aromatic nitrogens is 1. The molecule has 6 nitrogen and oxygen atoms in total. The third-order valence-corrected chi connectivity index (χ3v) is 6.04. The minimum absolute atomic E-state index is 0.0761. The van der Waals surface area contributed by atoms with Gasteiger partial charge in [0.1, 0.15) is 10.0 Å². The number of amides is 1. The molecule has 3 rings (SSSR count). The van der Waals surface area contributed by atoms with Crippen molar-refractivity contribution in [2.24, 2.45) is 0 Å². The van der Waals surface area contributed by atoms with Crippen molar-refractivity contribution < 1.29 is 13.2 Å². The summed E-state index contributed by atoms with van der Waals surface area (Å²) < 4.78 is 27.8. The van der Waals surface area contributed by atoms with Crippen LogP contribution in [-0.4, -0.2) is 25.9 Å². The van der Waals surface area contributed by atoms with Crippen LogP contribution in [0.25, 0.3) is 0 Å². The number of pyridine rings is 1. The predicted octanol–water partition coefficient (Wildman–Crippen LogP) is 4.16. The zero-order chi connectivity index (χ0) is 20.9. The van der Waals surface area contributed by atoms with E-state index in [1.807, 2.05) is 30.3 Å². The first-order valence-electron chi connectivity index (χ1n) is 8.63. The maximum absolute atomic E-state index is 12.7. The van der Waals surface area contributed by atoms with Crippen LogP contribution in [0.2, 0.25) is 10.3 Å². The van der Waals surface area contributed by atoms with Crippen molar-refractivity contribution in [2.45, 2.75) is 11.3 Å². The van der Waals surface area contributed by atoms with Crippen LogP contribution in [0.1, 0.15) is 15.9 Å². The average molecular weight is 450 g/mol. The normalized spacial score (nSPS) is 11.1. The molecular formula is C20H17Cl2N3O3S. The monoisotopic (exact) mass is 449 g/mol. The molecule has 0 aliphatic carbocycles. The van der Waals surface area contributed by atoms with Gasteiger partial charge in [0.2, 0.25) is 0 Å². The first-order chi connectivity index (χ1) is 13.9. The molecule has 150 valence electrons. The first kappa shape index (κ1) is 21.1. The van der Waals surface area contributed by atoms with Gasteiger partial charge in [0.25, 0.3) is 15.9 Å². The van der Waals surface area contributed by atoms with Crippen LogP contribution in [-0.2, 0) is 16.4 Å². The van der Waals surface area contributed by atoms with E-state index in [9.17, 15) is 13.2 Å². The van der Waals surface area contributed by atoms with Gasteiger partial charge in [0, 0.05) is 6.54 Å². The highest BCUT2D eigenvalue weighted by atomic mass is 35.5. The van der Waals surface area contributed by atoms with Gasteiger partial charge in [0.15, 0.2) is 5.15 Å². The second kappa shape index (κ2) is 9.26. The summed E-state index contributed by atoms with van der Waals surface area (Å²) in [6.45, 7) is 0.414. The van der Waals surface area contributed by atoms with Crippen LogP contribution < -0.4 is 10.0 Å². The highest BCUT2D eigenvalue weighted by Crippen LogP contribution is 2.25. The molecule has 0 spiro atoms. The second-order valence-electron chi connectivity index (χ2n) is 6.07. The van der Waals surface area contributed by atoms with Crippen molar-refractivity contribution in [3.8, 4) is 0 Å². The Morgan fingerprint density at radius 3 is 2.34 bits per heavy atom. The van der Waals surface area contributed by atoms with E-state index >= 15 is 0 Å². The fourth-order valence-corrected chi connectivity index (χ4v) is 4.37. The van der Waals surface area contributed by atoms with E-state index in [1.165, 1.54) is 24.3 Å². The summed E-state index contributed by atoms with van der Waals surface area (Å²) in [6, 6.07) is 18.6. The molecule has 0 bridgehead atoms. The van der Waals surface area contributed by atoms with E-state index in [4.69, 9.17) is 23.2 Å². The van der Waals surface area contributed by atoms with Crippen molar-refractivity contribution in [3.05, 3.63) is 88.2 Å². The van der Waals surface area contributed by atoms with E-state index in [0.29, 0.717) is 13.0 Å². The van der Waals surface area contributed by atoms with E-state index in [2.05, 4.69) is 15.0 Å². The third-order valence-electron chi connectivity index (χ3n) is 4.03. The molecule has 1 heterocycles. The van der Waals surface area contributed by atoms with Gasteiger partial charge in [-0.3, -0.25) is 9.52 Å². The SMILES string of the molecule is O=C(NCCc1ccccc1)c1ccccc1NS(=O)(=O)c1ccc(Cl)nc1Cl. The summed E-state index contributed by atoms with van der Waals surface area (Å²) in [5.74, 6) is -0.389. The summed E-state index contributed by atoms with van der Waals surface area (Å²) in [6.07, 6.45) is 0.659. The van der Waals surface area contributed by atoms with E-state index in [0.717, 1.165) is 5.56 Å². The smallest absolute Gasteiger partial charge is 0.264 e. The summed E-state index contributed by atoms with van der Waals surface area (Å²) >= 11 is 11.6. The van der Waals surface area contributed by atoms with Gasteiger partial charge < -0.3 is 5.32 Å². The van der Waals surface area contributed by atoms with Gasteiger partial charge in [-0.15, -0.1) is 0 Å². The van der Waals surface area contributed by atoms with Gasteiger partial charge in [-0.2, -0.15) is 0 Å². The van der Waals surface area contributed by atoms with Gasteiger partial charge >= 0.3 is 0 Å². The molecular weight excluding hydrogens is 433 g/mol. The highest BCUT2D eigenvalue weighted by molar-refractivity contribution is 7.92. The van der Waals surface area contributed by atoms with Crippen molar-refractivity contribution >= 4 is 44.8 Å². The molecule has 0 radical (unpaired) electrons. The first-order valence-corrected chi connectivity index (χ1v) is 10.9. The minimum Gasteiger partial charge on any atom is -0.352 e. The fraction of sp³-hybridized carbons (Fsp3) is 0.100. The van der Waals surface area contributed by atoms with Gasteiger partial charge in [-0.05, 0) is 36.2 Å². The quantitative estimate of drug-likeness (QED) is 0.529. The average Bonchev–Trinajstić information content (AvgIpc) is 2.68. The number of hydrogen-bond acceptors (Lipinski definition) is 4. The fourth-order valence-electron chi connectivity index (χ4n) is 2.63. The Kier molecular flexibility index (Phi) is 6.74. The molecule has 3 aromatic rings. The number of nitrogens with one attached hydrogen (secondary N) is 2. The molecule has 0 fully saturated rings. The number of para-hydroxylation sites is 1. The van der Waals surface area contributed by atoms with Crippen molar-refractivity contribution in [1.29, 1.82) is 0 Å². The molecule has 0 unspecified atom stereocenters. The third kappa shape index (κ3) is 5.47. The molecule has 1 aromatic heterocycles. The number of anilines is 1. The molecule has 0 saturated heterocycles. The summed E-state index contributed by atoms with van der Waals surface area (Å²) in [4.78, 5) is 16.1. The summed E-state index contributed by atoms with van der Waals surface area (Å²) in [5.41, 5.74) is 1.42. The molecule has 2 aromatic carbocycles. The van der Waals surface area contributed by atoms with Gasteiger partial charge in [-0.25, -0.2) is 13.4 Å². The van der Waals surface area contributed by atoms with Crippen LogP contribution in [0.15, 0.2) is 71.6 Å². The van der Waals surface area contributed by atoms with Gasteiger partial charge in [0.05, 0.1) is 11.3 Å². The zero-order valence-corrected chi connectivity index (χ0v) is 17.4. The van der Waals surface area contributed by atoms with E-state index in [-0.39, 0.29) is 32.4 Å². The number of rotatable bonds is 7. The Hall–Kier alpha value is -2.61. The number of benzene rings is 2. The minimum atomic E-state index is -4.06. The standard InChI is InChI=1S/C20H17Cl2N3O3S/c21-18-11-10-17(19(22)24-18)29(27,28)25-16-9-5-4-8-15(16)20(26)23-13-12-14-6-2-1-3-7-14/h1-11,25H,12-13H2,(H,23,26). The molecule has 0 saturated carbocycles. The molecule has 0 atom stereocenters. The molecule has 0 aliphatic rings. The van der Waals surface area contributed by atoms with Crippen LogP contribution in [0.3, 0.4) is 0 Å². The molecule has 0 aliphatic heterocycles. The van der Waals surface area contributed by atoms with E-state index in [1.54, 1.807) is 12.1 Å². The van der Waals surface area contributed by atoms with Crippen LogP contribution in [0.5, 0.6) is 0 Å². The highest BCUT2D eigenvalue weighted by Gasteiger charge is 2.22. The van der Waals surface area contributed by atoms with Gasteiger partial charge in [-0.1, -0.05) is 65.7 Å². The molecule has 29 heavy (non-hydrogen) atoms. The lowest BCUT2D eigenvalue weighted by Gasteiger charge is -2.13. The summed E-state index contributed by atoms with van der Waals surface area (Å²) in [5, 5.41) is 2.62. The summed E-state index contributed by atoms with van der Waals surface area (Å²) in [7, 11) is -4.06. The lowest BCUT2D eigenvalue weighted by Crippen LogP contribution is -2.27. The molecule has 9 heteroatoms. The zero-order valence-electron chi connectivity index (χ0n) is 15.1. The number of nitrogens with zero attached hydrogens (tertiary/aromatic N) is 1. The maximum atomic E-state index is 12.7. The topological polar surface area (TPSA) is 88.2 Å². The lowest BCUT2D eigenvalue weighted by atomic mass is 10.1. The van der Waals surface area contributed by atoms with E-state index < -0.39 is 10.0 Å². The Morgan fingerprint density at radius 1 is 0.931 bits per heavy atom. The Labute approximate surface area is 178 Å². The number of carbonyl (C=O) groups is 1. The van der Waals surface area contributed by atoms with Crippen molar-refractivity contribution in [3.63, 3.8) is 0 Å². The lowest BCUT2D eigenvalue weighted by molar-refractivity contribution is 0.0955. The number of hydrogen-bond donors (Lipinski definition) is 2. The number of carbonyl (C=O) groups excluding carboxylic acids is 1. The predicted molar refractivity (Wildman–Crippen MR) is 114 cm³/mol. The Bertz CT molecular complexity index is 1120. The largest absolute Gasteiger partial charge is 0.352 e.